The number of carbonyl (C=O) groups is 4. The quantitative estimate of drug-likeness (QED) is 0.582. The van der Waals surface area contributed by atoms with Crippen LogP contribution in [-0.2, 0) is 31.3 Å². The van der Waals surface area contributed by atoms with Crippen LogP contribution in [0, 0.1) is 18.8 Å². The minimum absolute atomic E-state index is 0.0935. The molecule has 0 bridgehead atoms. The molecule has 3 aliphatic heterocycles. The Hall–Kier alpha value is -3.23. The minimum Gasteiger partial charge on any atom is -0.481 e. The fraction of sp³-hybridized carbons (Fsp3) is 0.333. The summed E-state index contributed by atoms with van der Waals surface area (Å²) in [6.07, 6.45) is -0.0845. The van der Waals surface area contributed by atoms with E-state index >= 15 is 0 Å². The number of carbonyl (C=O) groups excluding carboxylic acids is 3. The van der Waals surface area contributed by atoms with Crippen molar-refractivity contribution in [3.05, 3.63) is 64.2 Å². The molecule has 2 aromatic rings. The van der Waals surface area contributed by atoms with Crippen molar-refractivity contribution in [2.24, 2.45) is 11.8 Å². The fourth-order valence-corrected chi connectivity index (χ4v) is 5.82. The third kappa shape index (κ3) is 3.16. The van der Waals surface area contributed by atoms with Crippen molar-refractivity contribution >= 4 is 41.0 Å². The van der Waals surface area contributed by atoms with Gasteiger partial charge in [0, 0.05) is 18.0 Å². The van der Waals surface area contributed by atoms with Crippen LogP contribution in [0.2, 0.25) is 5.02 Å². The summed E-state index contributed by atoms with van der Waals surface area (Å²) < 4.78 is 0. The number of imide groups is 1. The maximum absolute atomic E-state index is 13.7. The van der Waals surface area contributed by atoms with Crippen molar-refractivity contribution < 1.29 is 24.3 Å². The van der Waals surface area contributed by atoms with Gasteiger partial charge in [-0.25, -0.2) is 0 Å². The lowest BCUT2D eigenvalue weighted by Gasteiger charge is -2.29. The van der Waals surface area contributed by atoms with Crippen LogP contribution < -0.4 is 10.6 Å². The van der Waals surface area contributed by atoms with Gasteiger partial charge in [-0.15, -0.1) is 0 Å². The number of hydrogen-bond acceptors (Lipinski definition) is 5. The van der Waals surface area contributed by atoms with Crippen LogP contribution in [0.3, 0.4) is 0 Å². The maximum atomic E-state index is 13.7. The zero-order valence-corrected chi connectivity index (χ0v) is 18.6. The summed E-state index contributed by atoms with van der Waals surface area (Å²) >= 11 is 6.40. The van der Waals surface area contributed by atoms with E-state index in [0.29, 0.717) is 16.3 Å². The summed E-state index contributed by atoms with van der Waals surface area (Å²) in [5.41, 5.74) is 1.04. The number of hydrogen-bond donors (Lipinski definition) is 3. The van der Waals surface area contributed by atoms with Gasteiger partial charge in [0.25, 0.3) is 0 Å². The normalized spacial score (nSPS) is 27.8. The largest absolute Gasteiger partial charge is 0.481 e. The number of halogens is 1. The molecule has 2 saturated heterocycles. The number of amides is 3. The molecule has 3 aliphatic rings. The number of benzene rings is 2. The second-order valence-electron chi connectivity index (χ2n) is 8.87. The second-order valence-corrected chi connectivity index (χ2v) is 9.27. The predicted octanol–water partition coefficient (Wildman–Crippen LogP) is 2.43. The lowest BCUT2D eigenvalue weighted by molar-refractivity contribution is -0.144. The maximum Gasteiger partial charge on any atom is 0.303 e. The fourth-order valence-electron chi connectivity index (χ4n) is 5.50. The number of likely N-dealkylation sites (tertiary alicyclic amines) is 1. The smallest absolute Gasteiger partial charge is 0.303 e. The van der Waals surface area contributed by atoms with E-state index in [0.717, 1.165) is 11.1 Å². The molecule has 1 spiro atoms. The number of nitrogens with one attached hydrogen (secondary N) is 2. The number of aliphatic carboxylic acids is 1. The third-order valence-electron chi connectivity index (χ3n) is 6.86. The standard InChI is InChI=1S/C24H22ClN3O5/c1-12-9-14-20(15(25)10-12)26-23(33)24(14)19-18(16(27-24)7-8-17(29)30)21(31)28(22(19)32)11-13-5-3-2-4-6-13/h2-6,9-10,16,18-19,27H,7-8,11H2,1H3,(H,26,33)(H,29,30)/t16-,18-,19-,24-/m1/s1. The van der Waals surface area contributed by atoms with Crippen LogP contribution >= 0.6 is 11.6 Å². The van der Waals surface area contributed by atoms with Crippen LogP contribution in [0.1, 0.15) is 29.5 Å². The Kier molecular flexibility index (Phi) is 5.02. The molecule has 0 saturated carbocycles. The average Bonchev–Trinajstić information content (AvgIpc) is 3.35. The summed E-state index contributed by atoms with van der Waals surface area (Å²) in [7, 11) is 0. The molecule has 4 atom stereocenters. The van der Waals surface area contributed by atoms with Gasteiger partial charge < -0.3 is 10.4 Å². The monoisotopic (exact) mass is 467 g/mol. The zero-order chi connectivity index (χ0) is 23.5. The highest BCUT2D eigenvalue weighted by Crippen LogP contribution is 2.55. The minimum atomic E-state index is -1.49. The summed E-state index contributed by atoms with van der Waals surface area (Å²) in [6, 6.07) is 12.0. The molecule has 9 heteroatoms. The molecule has 0 aliphatic carbocycles. The molecule has 3 amide bonds. The van der Waals surface area contributed by atoms with Crippen LogP contribution in [0.4, 0.5) is 5.69 Å². The Labute approximate surface area is 194 Å². The van der Waals surface area contributed by atoms with Crippen molar-refractivity contribution in [1.29, 1.82) is 0 Å². The van der Waals surface area contributed by atoms with E-state index in [2.05, 4.69) is 10.6 Å². The van der Waals surface area contributed by atoms with Gasteiger partial charge in [0.05, 0.1) is 29.1 Å². The Morgan fingerprint density at radius 2 is 1.88 bits per heavy atom. The second kappa shape index (κ2) is 7.67. The van der Waals surface area contributed by atoms with Crippen LogP contribution in [-0.4, -0.2) is 39.7 Å². The first-order valence-electron chi connectivity index (χ1n) is 10.7. The molecule has 5 rings (SSSR count). The highest BCUT2D eigenvalue weighted by molar-refractivity contribution is 6.35. The molecule has 0 aromatic heterocycles. The van der Waals surface area contributed by atoms with E-state index in [4.69, 9.17) is 11.6 Å². The Balaban J connectivity index is 1.62. The van der Waals surface area contributed by atoms with Crippen molar-refractivity contribution in [3.63, 3.8) is 0 Å². The highest BCUT2D eigenvalue weighted by Gasteiger charge is 2.70. The van der Waals surface area contributed by atoms with Gasteiger partial charge in [-0.2, -0.15) is 0 Å². The van der Waals surface area contributed by atoms with Gasteiger partial charge >= 0.3 is 5.97 Å². The molecule has 170 valence electrons. The van der Waals surface area contributed by atoms with Crippen molar-refractivity contribution in [2.45, 2.75) is 37.9 Å². The number of fused-ring (bicyclic) bond motifs is 4. The van der Waals surface area contributed by atoms with Crippen molar-refractivity contribution in [1.82, 2.24) is 10.2 Å². The van der Waals surface area contributed by atoms with E-state index in [-0.39, 0.29) is 19.4 Å². The lowest BCUT2D eigenvalue weighted by atomic mass is 9.76. The Morgan fingerprint density at radius 3 is 2.58 bits per heavy atom. The molecule has 2 aromatic carbocycles. The Morgan fingerprint density at radius 1 is 1.15 bits per heavy atom. The van der Waals surface area contributed by atoms with Gasteiger partial charge in [0.15, 0.2) is 0 Å². The number of anilines is 1. The molecular formula is C24H22ClN3O5. The van der Waals surface area contributed by atoms with Crippen molar-refractivity contribution in [2.75, 3.05) is 5.32 Å². The zero-order valence-electron chi connectivity index (χ0n) is 17.8. The average molecular weight is 468 g/mol. The molecular weight excluding hydrogens is 446 g/mol. The molecule has 3 heterocycles. The summed E-state index contributed by atoms with van der Waals surface area (Å²) in [5, 5.41) is 15.6. The first-order chi connectivity index (χ1) is 15.7. The highest BCUT2D eigenvalue weighted by atomic mass is 35.5. The first kappa shape index (κ1) is 21.6. The van der Waals surface area contributed by atoms with Gasteiger partial charge in [-0.3, -0.25) is 29.4 Å². The summed E-state index contributed by atoms with van der Waals surface area (Å²) in [6.45, 7) is 1.93. The number of carboxylic acids is 1. The number of rotatable bonds is 5. The number of nitrogens with zero attached hydrogens (tertiary/aromatic N) is 1. The van der Waals surface area contributed by atoms with Gasteiger partial charge in [-0.1, -0.05) is 48.0 Å². The van der Waals surface area contributed by atoms with Crippen LogP contribution in [0.25, 0.3) is 0 Å². The third-order valence-corrected chi connectivity index (χ3v) is 7.16. The SMILES string of the molecule is Cc1cc(Cl)c2c(c1)[C@]1(N[C@H](CCC(=O)O)[C@H]3C(=O)N(Cc4ccccc4)C(=O)[C@@H]31)C(=O)N2. The van der Waals surface area contributed by atoms with E-state index in [1.165, 1.54) is 4.90 Å². The number of carboxylic acid groups (broad SMARTS) is 1. The van der Waals surface area contributed by atoms with Crippen molar-refractivity contribution in [3.8, 4) is 0 Å². The van der Waals surface area contributed by atoms with E-state index in [1.807, 2.05) is 37.3 Å². The predicted molar refractivity (Wildman–Crippen MR) is 119 cm³/mol. The van der Waals surface area contributed by atoms with E-state index in [1.54, 1.807) is 12.1 Å². The summed E-state index contributed by atoms with van der Waals surface area (Å²) in [4.78, 5) is 53.1. The van der Waals surface area contributed by atoms with Gasteiger partial charge in [0.1, 0.15) is 5.54 Å². The first-order valence-corrected chi connectivity index (χ1v) is 11.1. The summed E-state index contributed by atoms with van der Waals surface area (Å²) in [5.74, 6) is -4.15. The molecule has 0 unspecified atom stereocenters. The van der Waals surface area contributed by atoms with E-state index in [9.17, 15) is 24.3 Å². The Bertz CT molecular complexity index is 1200. The van der Waals surface area contributed by atoms with Gasteiger partial charge in [0.2, 0.25) is 17.7 Å². The van der Waals surface area contributed by atoms with E-state index < -0.39 is 47.1 Å². The molecule has 2 fully saturated rings. The molecule has 3 N–H and O–H groups in total. The molecule has 0 radical (unpaired) electrons. The molecule has 33 heavy (non-hydrogen) atoms. The lowest BCUT2D eigenvalue weighted by Crippen LogP contribution is -2.53. The number of aryl methyl sites for hydroxylation is 1. The van der Waals surface area contributed by atoms with Crippen LogP contribution in [0.15, 0.2) is 42.5 Å². The van der Waals surface area contributed by atoms with Gasteiger partial charge in [-0.05, 0) is 30.5 Å². The molecule has 8 nitrogen and oxygen atoms in total. The van der Waals surface area contributed by atoms with Crippen LogP contribution in [0.5, 0.6) is 0 Å². The topological polar surface area (TPSA) is 116 Å².